The van der Waals surface area contributed by atoms with Crippen LogP contribution in [0.4, 0.5) is 0 Å². The number of carbonyl (C=O) groups excluding carboxylic acids is 2. The number of carbonyl (C=O) groups is 3. The quantitative estimate of drug-likeness (QED) is 0.840. The van der Waals surface area contributed by atoms with Crippen LogP contribution in [0.5, 0.6) is 0 Å². The van der Waals surface area contributed by atoms with Crippen molar-refractivity contribution in [2.24, 2.45) is 0 Å². The number of rotatable bonds is 5. The van der Waals surface area contributed by atoms with Gasteiger partial charge in [-0.1, -0.05) is 0 Å². The summed E-state index contributed by atoms with van der Waals surface area (Å²) >= 11 is 0. The number of nitrogens with zero attached hydrogens (tertiary/aromatic N) is 2. The molecule has 0 saturated carbocycles. The van der Waals surface area contributed by atoms with Crippen LogP contribution in [0.3, 0.4) is 0 Å². The molecule has 0 unspecified atom stereocenters. The minimum absolute atomic E-state index is 0.0244. The number of aldehydes is 1. The molecule has 0 radical (unpaired) electrons. The number of hydrogen-bond donors (Lipinski definition) is 1. The number of carboxylic acid groups (broad SMARTS) is 1. The molecule has 110 valence electrons. The first-order valence-corrected chi connectivity index (χ1v) is 6.17. The van der Waals surface area contributed by atoms with Crippen molar-refractivity contribution in [2.45, 2.75) is 13.8 Å². The SMILES string of the molecule is Cc1cc(C=O)c(C)n1N(CC(=O)O)C(=O)c1ccco1. The molecule has 21 heavy (non-hydrogen) atoms. The topological polar surface area (TPSA) is 92.8 Å². The van der Waals surface area contributed by atoms with Gasteiger partial charge in [0.1, 0.15) is 6.54 Å². The largest absolute Gasteiger partial charge is 0.480 e. The van der Waals surface area contributed by atoms with E-state index in [-0.39, 0.29) is 5.76 Å². The van der Waals surface area contributed by atoms with Crippen LogP contribution in [0.1, 0.15) is 32.3 Å². The molecule has 2 rings (SSSR count). The number of carboxylic acids is 1. The van der Waals surface area contributed by atoms with E-state index in [1.807, 2.05) is 0 Å². The van der Waals surface area contributed by atoms with Gasteiger partial charge in [0.05, 0.1) is 6.26 Å². The third-order valence-corrected chi connectivity index (χ3v) is 3.05. The summed E-state index contributed by atoms with van der Waals surface area (Å²) in [5.74, 6) is -1.74. The smallest absolute Gasteiger partial charge is 0.325 e. The average molecular weight is 290 g/mol. The Kier molecular flexibility index (Phi) is 3.93. The molecule has 0 aliphatic heterocycles. The number of aliphatic carboxylic acids is 1. The molecule has 0 fully saturated rings. The minimum atomic E-state index is -1.17. The van der Waals surface area contributed by atoms with Crippen LogP contribution in [-0.4, -0.2) is 34.5 Å². The first-order chi connectivity index (χ1) is 9.95. The molecule has 0 aliphatic carbocycles. The molecule has 7 nitrogen and oxygen atoms in total. The van der Waals surface area contributed by atoms with Gasteiger partial charge < -0.3 is 9.52 Å². The van der Waals surface area contributed by atoms with Gasteiger partial charge >= 0.3 is 11.9 Å². The zero-order chi connectivity index (χ0) is 15.6. The van der Waals surface area contributed by atoms with E-state index in [2.05, 4.69) is 0 Å². The fraction of sp³-hybridized carbons (Fsp3) is 0.214. The third kappa shape index (κ3) is 2.71. The van der Waals surface area contributed by atoms with Crippen LogP contribution in [0.25, 0.3) is 0 Å². The highest BCUT2D eigenvalue weighted by Gasteiger charge is 2.25. The molecular weight excluding hydrogens is 276 g/mol. The molecule has 0 bridgehead atoms. The predicted molar refractivity (Wildman–Crippen MR) is 73.1 cm³/mol. The number of aromatic nitrogens is 1. The van der Waals surface area contributed by atoms with Crippen molar-refractivity contribution >= 4 is 18.2 Å². The van der Waals surface area contributed by atoms with Crippen LogP contribution in [-0.2, 0) is 4.79 Å². The minimum Gasteiger partial charge on any atom is -0.480 e. The van der Waals surface area contributed by atoms with E-state index in [4.69, 9.17) is 9.52 Å². The summed E-state index contributed by atoms with van der Waals surface area (Å²) in [4.78, 5) is 34.4. The summed E-state index contributed by atoms with van der Waals surface area (Å²) in [7, 11) is 0. The average Bonchev–Trinajstić information content (AvgIpc) is 3.04. The lowest BCUT2D eigenvalue weighted by atomic mass is 10.3. The lowest BCUT2D eigenvalue weighted by Crippen LogP contribution is -2.45. The van der Waals surface area contributed by atoms with Gasteiger partial charge in [-0.25, -0.2) is 5.01 Å². The summed E-state index contributed by atoms with van der Waals surface area (Å²) in [6.07, 6.45) is 1.99. The Bertz CT molecular complexity index is 685. The van der Waals surface area contributed by atoms with Gasteiger partial charge in [0.2, 0.25) is 0 Å². The number of furan rings is 1. The number of hydrogen-bond acceptors (Lipinski definition) is 4. The van der Waals surface area contributed by atoms with Gasteiger partial charge in [0.25, 0.3) is 0 Å². The second-order valence-electron chi connectivity index (χ2n) is 4.49. The highest BCUT2D eigenvalue weighted by molar-refractivity contribution is 6.01. The second kappa shape index (κ2) is 5.66. The fourth-order valence-electron chi connectivity index (χ4n) is 2.16. The molecule has 2 heterocycles. The van der Waals surface area contributed by atoms with Gasteiger partial charge in [0.15, 0.2) is 12.0 Å². The van der Waals surface area contributed by atoms with Crippen LogP contribution in [0.15, 0.2) is 28.9 Å². The Labute approximate surface area is 120 Å². The van der Waals surface area contributed by atoms with E-state index >= 15 is 0 Å². The highest BCUT2D eigenvalue weighted by Crippen LogP contribution is 2.16. The van der Waals surface area contributed by atoms with E-state index in [1.165, 1.54) is 17.0 Å². The lowest BCUT2D eigenvalue weighted by molar-refractivity contribution is -0.135. The van der Waals surface area contributed by atoms with Crippen molar-refractivity contribution in [1.29, 1.82) is 0 Å². The summed E-state index contributed by atoms with van der Waals surface area (Å²) < 4.78 is 6.43. The first-order valence-electron chi connectivity index (χ1n) is 6.17. The van der Waals surface area contributed by atoms with Gasteiger partial charge in [0, 0.05) is 17.0 Å². The molecule has 0 saturated heterocycles. The molecule has 1 N–H and O–H groups in total. The van der Waals surface area contributed by atoms with Crippen molar-refractivity contribution in [2.75, 3.05) is 11.6 Å². The van der Waals surface area contributed by atoms with Crippen molar-refractivity contribution in [3.8, 4) is 0 Å². The summed E-state index contributed by atoms with van der Waals surface area (Å²) in [5.41, 5.74) is 1.47. The molecular formula is C14H14N2O5. The monoisotopic (exact) mass is 290 g/mol. The maximum atomic E-state index is 12.4. The van der Waals surface area contributed by atoms with Crippen LogP contribution >= 0.6 is 0 Å². The maximum absolute atomic E-state index is 12.4. The molecule has 0 aliphatic rings. The second-order valence-corrected chi connectivity index (χ2v) is 4.49. The normalized spacial score (nSPS) is 10.4. The molecule has 1 amide bonds. The predicted octanol–water partition coefficient (Wildman–Crippen LogP) is 1.37. The first kappa shape index (κ1) is 14.6. The van der Waals surface area contributed by atoms with Gasteiger partial charge in [-0.15, -0.1) is 0 Å². The van der Waals surface area contributed by atoms with Crippen molar-refractivity contribution in [3.05, 3.63) is 47.2 Å². The molecule has 7 heteroatoms. The van der Waals surface area contributed by atoms with E-state index in [0.29, 0.717) is 23.2 Å². The molecule has 2 aromatic rings. The Morgan fingerprint density at radius 2 is 2.14 bits per heavy atom. The van der Waals surface area contributed by atoms with Crippen LogP contribution in [0.2, 0.25) is 0 Å². The highest BCUT2D eigenvalue weighted by atomic mass is 16.4. The van der Waals surface area contributed by atoms with Crippen molar-refractivity contribution < 1.29 is 23.9 Å². The Hall–Kier alpha value is -2.83. The zero-order valence-electron chi connectivity index (χ0n) is 11.6. The van der Waals surface area contributed by atoms with E-state index in [0.717, 1.165) is 5.01 Å². The molecule has 2 aromatic heterocycles. The Morgan fingerprint density at radius 1 is 1.43 bits per heavy atom. The maximum Gasteiger partial charge on any atom is 0.325 e. The standard InChI is InChI=1S/C14H14N2O5/c1-9-6-11(8-17)10(2)16(9)15(7-13(18)19)14(20)12-4-3-5-21-12/h3-6,8H,7H2,1-2H3,(H,18,19). The van der Waals surface area contributed by atoms with Gasteiger partial charge in [-0.3, -0.25) is 19.1 Å². The van der Waals surface area contributed by atoms with Crippen LogP contribution < -0.4 is 5.01 Å². The zero-order valence-corrected chi connectivity index (χ0v) is 11.6. The Morgan fingerprint density at radius 3 is 2.62 bits per heavy atom. The third-order valence-electron chi connectivity index (χ3n) is 3.05. The molecule has 0 spiro atoms. The summed E-state index contributed by atoms with van der Waals surface area (Å²) in [6, 6.07) is 4.58. The van der Waals surface area contributed by atoms with Crippen molar-refractivity contribution in [1.82, 2.24) is 4.68 Å². The van der Waals surface area contributed by atoms with Gasteiger partial charge in [-0.2, -0.15) is 0 Å². The fourth-order valence-corrected chi connectivity index (χ4v) is 2.16. The lowest BCUT2D eigenvalue weighted by Gasteiger charge is -2.24. The summed E-state index contributed by atoms with van der Waals surface area (Å²) in [6.45, 7) is 2.78. The van der Waals surface area contributed by atoms with E-state index in [9.17, 15) is 14.4 Å². The van der Waals surface area contributed by atoms with E-state index < -0.39 is 18.4 Å². The van der Waals surface area contributed by atoms with Crippen molar-refractivity contribution in [3.63, 3.8) is 0 Å². The number of amides is 1. The Balaban J connectivity index is 2.51. The van der Waals surface area contributed by atoms with Crippen LogP contribution in [0, 0.1) is 13.8 Å². The summed E-state index contributed by atoms with van der Waals surface area (Å²) in [5, 5.41) is 10.1. The van der Waals surface area contributed by atoms with E-state index in [1.54, 1.807) is 26.0 Å². The van der Waals surface area contributed by atoms with Gasteiger partial charge in [-0.05, 0) is 32.0 Å². The molecule has 0 atom stereocenters. The molecule has 0 aromatic carbocycles. The number of aryl methyl sites for hydroxylation is 1.